The van der Waals surface area contributed by atoms with Crippen molar-refractivity contribution in [1.82, 2.24) is 5.32 Å². The molecule has 0 bridgehead atoms. The van der Waals surface area contributed by atoms with Crippen LogP contribution in [0.4, 0.5) is 0 Å². The van der Waals surface area contributed by atoms with Gasteiger partial charge in [0.05, 0.1) is 6.04 Å². The summed E-state index contributed by atoms with van der Waals surface area (Å²) in [6.07, 6.45) is 0.303. The highest BCUT2D eigenvalue weighted by Gasteiger charge is 2.20. The Labute approximate surface area is 145 Å². The molecule has 0 fully saturated rings. The summed E-state index contributed by atoms with van der Waals surface area (Å²) in [5, 5.41) is 3.11. The van der Waals surface area contributed by atoms with Gasteiger partial charge in [-0.2, -0.15) is 0 Å². The number of carbonyl (C=O) groups is 1. The van der Waals surface area contributed by atoms with Gasteiger partial charge in [-0.05, 0) is 62.4 Å². The lowest BCUT2D eigenvalue weighted by Crippen LogP contribution is -2.38. The van der Waals surface area contributed by atoms with Crippen molar-refractivity contribution in [3.63, 3.8) is 0 Å². The summed E-state index contributed by atoms with van der Waals surface area (Å²) in [6.45, 7) is 10.0. The van der Waals surface area contributed by atoms with Gasteiger partial charge < -0.3 is 10.1 Å². The number of nitrogens with one attached hydrogen (secondary N) is 1. The lowest BCUT2D eigenvalue weighted by atomic mass is 9.99. The fourth-order valence-corrected chi connectivity index (χ4v) is 2.62. The largest absolute Gasteiger partial charge is 0.481 e. The Hall–Kier alpha value is -2.29. The third-order valence-electron chi connectivity index (χ3n) is 4.42. The number of rotatable bonds is 6. The zero-order chi connectivity index (χ0) is 17.7. The molecule has 0 aliphatic carbocycles. The molecule has 0 saturated heterocycles. The van der Waals surface area contributed by atoms with Gasteiger partial charge in [0.15, 0.2) is 6.10 Å². The molecule has 2 aromatic carbocycles. The van der Waals surface area contributed by atoms with Gasteiger partial charge in [-0.15, -0.1) is 0 Å². The Bertz CT molecular complexity index is 709. The van der Waals surface area contributed by atoms with Gasteiger partial charge in [-0.1, -0.05) is 43.3 Å². The maximum absolute atomic E-state index is 12.5. The molecular formula is C21H27NO2. The van der Waals surface area contributed by atoms with Gasteiger partial charge in [0.1, 0.15) is 5.75 Å². The molecule has 0 spiro atoms. The van der Waals surface area contributed by atoms with Gasteiger partial charge >= 0.3 is 0 Å². The second-order valence-electron chi connectivity index (χ2n) is 6.34. The van der Waals surface area contributed by atoms with E-state index in [0.717, 1.165) is 23.3 Å². The van der Waals surface area contributed by atoms with Crippen LogP contribution in [0.25, 0.3) is 0 Å². The van der Waals surface area contributed by atoms with Crippen molar-refractivity contribution in [2.75, 3.05) is 0 Å². The van der Waals surface area contributed by atoms with Crippen LogP contribution in [0.5, 0.6) is 5.75 Å². The number of ether oxygens (including phenoxy) is 1. The Kier molecular flexibility index (Phi) is 6.02. The minimum atomic E-state index is -0.535. The molecule has 0 aliphatic rings. The fourth-order valence-electron chi connectivity index (χ4n) is 2.62. The summed E-state index contributed by atoms with van der Waals surface area (Å²) in [5.41, 5.74) is 4.66. The number of hydrogen-bond donors (Lipinski definition) is 1. The molecule has 2 rings (SSSR count). The van der Waals surface area contributed by atoms with Crippen LogP contribution in [0.15, 0.2) is 42.5 Å². The molecular weight excluding hydrogens is 298 g/mol. The maximum Gasteiger partial charge on any atom is 0.261 e. The summed E-state index contributed by atoms with van der Waals surface area (Å²) in [5.74, 6) is 0.655. The van der Waals surface area contributed by atoms with Crippen LogP contribution in [0.1, 0.15) is 48.6 Å². The van der Waals surface area contributed by atoms with E-state index in [1.54, 1.807) is 6.92 Å². The standard InChI is InChI=1S/C21H27NO2/c1-6-19(18-12-11-14(2)16(4)13-18)22-21(23)17(5)24-20-10-8-7-9-15(20)3/h7-13,17,19H,6H2,1-5H3,(H,22,23)/t17-,19-/m0/s1. The molecule has 24 heavy (non-hydrogen) atoms. The quantitative estimate of drug-likeness (QED) is 0.840. The molecule has 3 nitrogen and oxygen atoms in total. The number of carbonyl (C=O) groups excluding carboxylic acids is 1. The van der Waals surface area contributed by atoms with Gasteiger partial charge in [0.2, 0.25) is 0 Å². The zero-order valence-electron chi connectivity index (χ0n) is 15.2. The lowest BCUT2D eigenvalue weighted by Gasteiger charge is -2.22. The van der Waals surface area contributed by atoms with Gasteiger partial charge in [-0.25, -0.2) is 0 Å². The fraction of sp³-hybridized carbons (Fsp3) is 0.381. The normalized spacial score (nSPS) is 13.2. The van der Waals surface area contributed by atoms with E-state index in [1.807, 2.05) is 31.2 Å². The van der Waals surface area contributed by atoms with Crippen molar-refractivity contribution in [2.45, 2.75) is 53.2 Å². The molecule has 2 aromatic rings. The van der Waals surface area contributed by atoms with Crippen LogP contribution in [0.3, 0.4) is 0 Å². The molecule has 0 aromatic heterocycles. The maximum atomic E-state index is 12.5. The Morgan fingerprint density at radius 3 is 2.38 bits per heavy atom. The van der Waals surface area contributed by atoms with Crippen LogP contribution in [0.2, 0.25) is 0 Å². The molecule has 0 heterocycles. The molecule has 1 N–H and O–H groups in total. The van der Waals surface area contributed by atoms with Crippen LogP contribution in [0, 0.1) is 20.8 Å². The molecule has 3 heteroatoms. The van der Waals surface area contributed by atoms with Gasteiger partial charge in [0.25, 0.3) is 5.91 Å². The summed E-state index contributed by atoms with van der Waals surface area (Å²) in [7, 11) is 0. The van der Waals surface area contributed by atoms with Crippen molar-refractivity contribution in [1.29, 1.82) is 0 Å². The third-order valence-corrected chi connectivity index (χ3v) is 4.42. The van der Waals surface area contributed by atoms with Crippen LogP contribution in [-0.2, 0) is 4.79 Å². The van der Waals surface area contributed by atoms with Crippen molar-refractivity contribution in [3.8, 4) is 5.75 Å². The SMILES string of the molecule is CC[C@H](NC(=O)[C@H](C)Oc1ccccc1C)c1ccc(C)c(C)c1. The number of hydrogen-bond acceptors (Lipinski definition) is 2. The summed E-state index contributed by atoms with van der Waals surface area (Å²) in [6, 6.07) is 14.1. The number of para-hydroxylation sites is 1. The molecule has 0 aliphatic heterocycles. The number of benzene rings is 2. The Morgan fingerprint density at radius 2 is 1.75 bits per heavy atom. The predicted octanol–water partition coefficient (Wildman–Crippen LogP) is 4.65. The lowest BCUT2D eigenvalue weighted by molar-refractivity contribution is -0.128. The highest BCUT2D eigenvalue weighted by molar-refractivity contribution is 5.81. The summed E-state index contributed by atoms with van der Waals surface area (Å²) < 4.78 is 5.82. The topological polar surface area (TPSA) is 38.3 Å². The third kappa shape index (κ3) is 4.38. The van der Waals surface area contributed by atoms with E-state index in [-0.39, 0.29) is 11.9 Å². The Morgan fingerprint density at radius 1 is 1.04 bits per heavy atom. The minimum absolute atomic E-state index is 0.000259. The summed E-state index contributed by atoms with van der Waals surface area (Å²) in [4.78, 5) is 12.5. The average Bonchev–Trinajstić information content (AvgIpc) is 2.57. The van der Waals surface area contributed by atoms with E-state index in [1.165, 1.54) is 11.1 Å². The van der Waals surface area contributed by atoms with Crippen LogP contribution < -0.4 is 10.1 Å². The second kappa shape index (κ2) is 8.00. The summed E-state index contributed by atoms with van der Waals surface area (Å²) >= 11 is 0. The molecule has 128 valence electrons. The van der Waals surface area contributed by atoms with E-state index in [2.05, 4.69) is 44.3 Å². The second-order valence-corrected chi connectivity index (χ2v) is 6.34. The first kappa shape index (κ1) is 18.1. The van der Waals surface area contributed by atoms with E-state index in [4.69, 9.17) is 4.74 Å². The first-order chi connectivity index (χ1) is 11.4. The Balaban J connectivity index is 2.05. The van der Waals surface area contributed by atoms with E-state index in [0.29, 0.717) is 0 Å². The molecule has 0 unspecified atom stereocenters. The molecule has 1 amide bonds. The van der Waals surface area contributed by atoms with Crippen molar-refractivity contribution < 1.29 is 9.53 Å². The smallest absolute Gasteiger partial charge is 0.261 e. The zero-order valence-corrected chi connectivity index (χ0v) is 15.2. The van der Waals surface area contributed by atoms with E-state index >= 15 is 0 Å². The van der Waals surface area contributed by atoms with Crippen molar-refractivity contribution >= 4 is 5.91 Å². The first-order valence-corrected chi connectivity index (χ1v) is 8.52. The highest BCUT2D eigenvalue weighted by Crippen LogP contribution is 2.21. The average molecular weight is 325 g/mol. The van der Waals surface area contributed by atoms with Crippen molar-refractivity contribution in [3.05, 3.63) is 64.7 Å². The van der Waals surface area contributed by atoms with Gasteiger partial charge in [-0.3, -0.25) is 4.79 Å². The minimum Gasteiger partial charge on any atom is -0.481 e. The van der Waals surface area contributed by atoms with E-state index in [9.17, 15) is 4.79 Å². The predicted molar refractivity (Wildman–Crippen MR) is 98.4 cm³/mol. The molecule has 0 saturated carbocycles. The first-order valence-electron chi connectivity index (χ1n) is 8.52. The van der Waals surface area contributed by atoms with Gasteiger partial charge in [0, 0.05) is 0 Å². The molecule has 2 atom stereocenters. The van der Waals surface area contributed by atoms with Crippen LogP contribution in [-0.4, -0.2) is 12.0 Å². The monoisotopic (exact) mass is 325 g/mol. The van der Waals surface area contributed by atoms with E-state index < -0.39 is 6.10 Å². The highest BCUT2D eigenvalue weighted by atomic mass is 16.5. The number of aryl methyl sites for hydroxylation is 3. The number of amides is 1. The van der Waals surface area contributed by atoms with Crippen LogP contribution >= 0.6 is 0 Å². The molecule has 0 radical (unpaired) electrons. The van der Waals surface area contributed by atoms with Crippen molar-refractivity contribution in [2.24, 2.45) is 0 Å².